The summed E-state index contributed by atoms with van der Waals surface area (Å²) in [5.74, 6) is 0. The molecule has 2 heterocycles. The number of imidazole rings is 1. The number of hydrogen-bond acceptors (Lipinski definition) is 3. The Morgan fingerprint density at radius 2 is 2.06 bits per heavy atom. The van der Waals surface area contributed by atoms with Crippen LogP contribution in [-0.2, 0) is 6.61 Å². The Bertz CT molecular complexity index is 741. The molecule has 2 aromatic heterocycles. The van der Waals surface area contributed by atoms with Crippen LogP contribution in [0.2, 0.25) is 0 Å². The van der Waals surface area contributed by atoms with E-state index >= 15 is 0 Å². The van der Waals surface area contributed by atoms with Crippen LogP contribution in [0, 0.1) is 0 Å². The van der Waals surface area contributed by atoms with Crippen molar-refractivity contribution in [3.8, 4) is 11.1 Å². The fraction of sp³-hybridized carbons (Fsp3) is 0.0769. The van der Waals surface area contributed by atoms with Crippen molar-refractivity contribution in [1.29, 1.82) is 0 Å². The molecule has 0 saturated carbocycles. The van der Waals surface area contributed by atoms with E-state index in [0.29, 0.717) is 5.69 Å². The molecule has 0 aliphatic rings. The number of hydrogen-bond donors (Lipinski definition) is 3. The van der Waals surface area contributed by atoms with Gasteiger partial charge in [-0.15, -0.1) is 0 Å². The standard InChI is InChI=1S/C13H11N3O2/c17-7-9-5-4-8(6-14-9)10-2-1-3-11-12(10)16-13(18)15-11/h1-6,17H,7H2,(H2,15,16,18). The number of rotatable bonds is 2. The fourth-order valence-electron chi connectivity index (χ4n) is 1.98. The lowest BCUT2D eigenvalue weighted by atomic mass is 10.1. The Labute approximate surface area is 102 Å². The second kappa shape index (κ2) is 4.12. The van der Waals surface area contributed by atoms with Crippen LogP contribution in [0.3, 0.4) is 0 Å². The van der Waals surface area contributed by atoms with Crippen LogP contribution in [0.4, 0.5) is 0 Å². The number of aliphatic hydroxyl groups is 1. The molecule has 0 spiro atoms. The van der Waals surface area contributed by atoms with Crippen LogP contribution in [0.25, 0.3) is 22.2 Å². The predicted octanol–water partition coefficient (Wildman–Crippen LogP) is 1.41. The van der Waals surface area contributed by atoms with Gasteiger partial charge in [-0.1, -0.05) is 18.2 Å². The van der Waals surface area contributed by atoms with Gasteiger partial charge in [0.2, 0.25) is 0 Å². The number of nitrogens with one attached hydrogen (secondary N) is 2. The van der Waals surface area contributed by atoms with Gasteiger partial charge in [0.15, 0.2) is 0 Å². The SMILES string of the molecule is O=c1[nH]c2cccc(-c3ccc(CO)nc3)c2[nH]1. The van der Waals surface area contributed by atoms with Gasteiger partial charge in [0.05, 0.1) is 23.3 Å². The van der Waals surface area contributed by atoms with Gasteiger partial charge >= 0.3 is 5.69 Å². The fourth-order valence-corrected chi connectivity index (χ4v) is 1.98. The van der Waals surface area contributed by atoms with Crippen LogP contribution in [0.1, 0.15) is 5.69 Å². The molecule has 0 fully saturated rings. The van der Waals surface area contributed by atoms with Crippen molar-refractivity contribution in [1.82, 2.24) is 15.0 Å². The molecule has 3 N–H and O–H groups in total. The van der Waals surface area contributed by atoms with Gasteiger partial charge < -0.3 is 15.1 Å². The van der Waals surface area contributed by atoms with E-state index in [1.165, 1.54) is 0 Å². The number of aromatic amines is 2. The number of H-pyrrole nitrogens is 2. The highest BCUT2D eigenvalue weighted by molar-refractivity contribution is 5.91. The van der Waals surface area contributed by atoms with E-state index in [2.05, 4.69) is 15.0 Å². The average molecular weight is 241 g/mol. The first-order chi connectivity index (χ1) is 8.78. The summed E-state index contributed by atoms with van der Waals surface area (Å²) in [5.41, 5.74) is 3.73. The van der Waals surface area contributed by atoms with Crippen molar-refractivity contribution >= 4 is 11.0 Å². The zero-order valence-electron chi connectivity index (χ0n) is 9.47. The first-order valence-electron chi connectivity index (χ1n) is 5.55. The monoisotopic (exact) mass is 241 g/mol. The smallest absolute Gasteiger partial charge is 0.323 e. The van der Waals surface area contributed by atoms with E-state index in [1.807, 2.05) is 24.3 Å². The molecule has 0 atom stereocenters. The third-order valence-corrected chi connectivity index (χ3v) is 2.85. The first kappa shape index (κ1) is 10.7. The van der Waals surface area contributed by atoms with Gasteiger partial charge in [0, 0.05) is 17.3 Å². The topological polar surface area (TPSA) is 81.8 Å². The molecule has 1 aromatic carbocycles. The molecule has 0 amide bonds. The zero-order chi connectivity index (χ0) is 12.5. The highest BCUT2D eigenvalue weighted by Gasteiger charge is 2.06. The summed E-state index contributed by atoms with van der Waals surface area (Å²) in [4.78, 5) is 20.9. The summed E-state index contributed by atoms with van der Waals surface area (Å²) in [5, 5.41) is 8.96. The Kier molecular flexibility index (Phi) is 2.46. The van der Waals surface area contributed by atoms with Crippen LogP contribution in [-0.4, -0.2) is 20.1 Å². The van der Waals surface area contributed by atoms with Crippen molar-refractivity contribution in [2.75, 3.05) is 0 Å². The van der Waals surface area contributed by atoms with Crippen molar-refractivity contribution < 1.29 is 5.11 Å². The lowest BCUT2D eigenvalue weighted by Gasteiger charge is -2.03. The summed E-state index contributed by atoms with van der Waals surface area (Å²) in [6.07, 6.45) is 1.69. The summed E-state index contributed by atoms with van der Waals surface area (Å²) in [6.45, 7) is -0.0779. The third kappa shape index (κ3) is 1.70. The molecule has 3 aromatic rings. The van der Waals surface area contributed by atoms with Gasteiger partial charge in [-0.25, -0.2) is 4.79 Å². The maximum atomic E-state index is 11.3. The van der Waals surface area contributed by atoms with Gasteiger partial charge in [0.1, 0.15) is 0 Å². The van der Waals surface area contributed by atoms with Crippen molar-refractivity contribution in [2.24, 2.45) is 0 Å². The maximum Gasteiger partial charge on any atom is 0.323 e. The number of benzene rings is 1. The van der Waals surface area contributed by atoms with E-state index in [9.17, 15) is 4.79 Å². The lowest BCUT2D eigenvalue weighted by Crippen LogP contribution is -1.99. The van der Waals surface area contributed by atoms with E-state index in [1.54, 1.807) is 12.3 Å². The summed E-state index contributed by atoms with van der Waals surface area (Å²) >= 11 is 0. The van der Waals surface area contributed by atoms with Crippen LogP contribution in [0.5, 0.6) is 0 Å². The molecular weight excluding hydrogens is 230 g/mol. The normalized spacial score (nSPS) is 10.9. The Morgan fingerprint density at radius 3 is 2.78 bits per heavy atom. The van der Waals surface area contributed by atoms with Gasteiger partial charge in [-0.2, -0.15) is 0 Å². The number of para-hydroxylation sites is 1. The number of aromatic nitrogens is 3. The average Bonchev–Trinajstić information content (AvgIpc) is 2.79. The summed E-state index contributed by atoms with van der Waals surface area (Å²) in [7, 11) is 0. The minimum atomic E-state index is -0.225. The van der Waals surface area contributed by atoms with Gasteiger partial charge in [0.25, 0.3) is 0 Å². The molecule has 5 nitrogen and oxygen atoms in total. The van der Waals surface area contributed by atoms with Crippen LogP contribution < -0.4 is 5.69 Å². The first-order valence-corrected chi connectivity index (χ1v) is 5.55. The number of nitrogens with zero attached hydrogens (tertiary/aromatic N) is 1. The van der Waals surface area contributed by atoms with Gasteiger partial charge in [-0.3, -0.25) is 4.98 Å². The molecular formula is C13H11N3O2. The summed E-state index contributed by atoms with van der Waals surface area (Å²) < 4.78 is 0. The van der Waals surface area contributed by atoms with E-state index in [4.69, 9.17) is 5.11 Å². The van der Waals surface area contributed by atoms with Crippen molar-refractivity contribution in [2.45, 2.75) is 6.61 Å². The zero-order valence-corrected chi connectivity index (χ0v) is 9.47. The minimum absolute atomic E-state index is 0.0779. The van der Waals surface area contributed by atoms with Gasteiger partial charge in [-0.05, 0) is 12.1 Å². The predicted molar refractivity (Wildman–Crippen MR) is 68.1 cm³/mol. The van der Waals surface area contributed by atoms with Crippen LogP contribution in [0.15, 0.2) is 41.3 Å². The Balaban J connectivity index is 2.20. The second-order valence-electron chi connectivity index (χ2n) is 4.00. The van der Waals surface area contributed by atoms with E-state index < -0.39 is 0 Å². The Morgan fingerprint density at radius 1 is 1.17 bits per heavy atom. The van der Waals surface area contributed by atoms with Crippen LogP contribution >= 0.6 is 0 Å². The molecule has 0 aliphatic heterocycles. The quantitative estimate of drug-likeness (QED) is 0.634. The van der Waals surface area contributed by atoms with Crippen molar-refractivity contribution in [3.63, 3.8) is 0 Å². The highest BCUT2D eigenvalue weighted by atomic mass is 16.3. The number of fused-ring (bicyclic) bond motifs is 1. The Hall–Kier alpha value is -2.40. The lowest BCUT2D eigenvalue weighted by molar-refractivity contribution is 0.277. The molecule has 0 aliphatic carbocycles. The maximum absolute atomic E-state index is 11.3. The molecule has 0 saturated heterocycles. The van der Waals surface area contributed by atoms with E-state index in [-0.39, 0.29) is 12.3 Å². The third-order valence-electron chi connectivity index (χ3n) is 2.85. The summed E-state index contributed by atoms with van der Waals surface area (Å²) in [6, 6.07) is 9.27. The second-order valence-corrected chi connectivity index (χ2v) is 4.00. The molecule has 3 rings (SSSR count). The molecule has 0 unspecified atom stereocenters. The molecule has 0 radical (unpaired) electrons. The number of pyridine rings is 1. The van der Waals surface area contributed by atoms with E-state index in [0.717, 1.165) is 22.2 Å². The highest BCUT2D eigenvalue weighted by Crippen LogP contribution is 2.25. The largest absolute Gasteiger partial charge is 0.390 e. The molecule has 5 heteroatoms. The minimum Gasteiger partial charge on any atom is -0.390 e. The number of aliphatic hydroxyl groups excluding tert-OH is 1. The molecule has 0 bridgehead atoms. The van der Waals surface area contributed by atoms with Crippen molar-refractivity contribution in [3.05, 3.63) is 52.7 Å². The molecule has 90 valence electrons. The molecule has 18 heavy (non-hydrogen) atoms.